The molecule has 1 N–H and O–H groups in total. The van der Waals surface area contributed by atoms with Crippen LogP contribution in [0.1, 0.15) is 0 Å². The molecule has 0 saturated carbocycles. The summed E-state index contributed by atoms with van der Waals surface area (Å²) in [4.78, 5) is 0. The van der Waals surface area contributed by atoms with Crippen molar-refractivity contribution in [2.45, 2.75) is 0 Å². The van der Waals surface area contributed by atoms with Gasteiger partial charge < -0.3 is 5.11 Å². The minimum Gasteiger partial charge on any atom is -0.391 e. The van der Waals surface area contributed by atoms with Crippen LogP contribution in [0, 0.1) is 0 Å². The van der Waals surface area contributed by atoms with Crippen LogP contribution in [0.2, 0.25) is 0 Å². The lowest BCUT2D eigenvalue weighted by Crippen LogP contribution is -2.20. The molecule has 0 atom stereocenters. The van der Waals surface area contributed by atoms with Crippen LogP contribution in [0.5, 0.6) is 0 Å². The standard InChI is InChI=1S/CH3F3OSi/c2-6(3,4)1-5/h5H,1H2. The highest BCUT2D eigenvalue weighted by Crippen LogP contribution is 2.04. The number of halogens is 3. The average Bonchev–Trinajstić information content (AvgIpc) is 1.35. The normalized spacial score (nSPS) is 12.0. The molecule has 0 aliphatic heterocycles. The van der Waals surface area contributed by atoms with Crippen LogP contribution in [-0.4, -0.2) is 20.4 Å². The molecule has 0 bridgehead atoms. The molecular formula is CH3F3OSi. The SMILES string of the molecule is OC[Si](F)(F)F. The Balaban J connectivity index is 3.17. The van der Waals surface area contributed by atoms with E-state index in [2.05, 4.69) is 0 Å². The monoisotopic (exact) mass is 116 g/mol. The second kappa shape index (κ2) is 1.61. The summed E-state index contributed by atoms with van der Waals surface area (Å²) in [6.07, 6.45) is -1.59. The molecular weight excluding hydrogens is 113 g/mol. The van der Waals surface area contributed by atoms with Crippen molar-refractivity contribution in [1.29, 1.82) is 0 Å². The third-order valence-electron chi connectivity index (χ3n) is 0.179. The summed E-state index contributed by atoms with van der Waals surface area (Å²) >= 11 is 0. The maximum Gasteiger partial charge on any atom is 0.643 e. The van der Waals surface area contributed by atoms with Crippen molar-refractivity contribution in [1.82, 2.24) is 0 Å². The van der Waals surface area contributed by atoms with E-state index in [1.54, 1.807) is 0 Å². The van der Waals surface area contributed by atoms with Gasteiger partial charge >= 0.3 is 9.08 Å². The summed E-state index contributed by atoms with van der Waals surface area (Å²) in [5, 5.41) is 7.34. The number of aliphatic hydroxyl groups excluding tert-OH is 1. The van der Waals surface area contributed by atoms with E-state index in [0.29, 0.717) is 0 Å². The highest BCUT2D eigenvalue weighted by molar-refractivity contribution is 6.58. The van der Waals surface area contributed by atoms with Gasteiger partial charge in [0, 0.05) is 0 Å². The van der Waals surface area contributed by atoms with Gasteiger partial charge in [-0.25, -0.2) is 12.3 Å². The molecule has 5 heteroatoms. The highest BCUT2D eigenvalue weighted by atomic mass is 28.5. The van der Waals surface area contributed by atoms with Crippen LogP contribution >= 0.6 is 0 Å². The summed E-state index contributed by atoms with van der Waals surface area (Å²) in [6.45, 7) is 0. The van der Waals surface area contributed by atoms with Crippen molar-refractivity contribution in [3.8, 4) is 0 Å². The molecule has 1 nitrogen and oxygen atoms in total. The molecule has 0 aliphatic carbocycles. The Kier molecular flexibility index (Phi) is 1.60. The summed E-state index contributed by atoms with van der Waals surface area (Å²) in [7, 11) is -5.58. The van der Waals surface area contributed by atoms with E-state index >= 15 is 0 Å². The Labute approximate surface area is 33.9 Å². The second-order valence-electron chi connectivity index (χ2n) is 0.773. The molecule has 38 valence electrons. The van der Waals surface area contributed by atoms with E-state index in [0.717, 1.165) is 0 Å². The Morgan fingerprint density at radius 3 is 1.50 bits per heavy atom. The summed E-state index contributed by atoms with van der Waals surface area (Å²) < 4.78 is 32.0. The Bertz CT molecular complexity index is 40.5. The summed E-state index contributed by atoms with van der Waals surface area (Å²) in [5.74, 6) is 0. The van der Waals surface area contributed by atoms with Crippen LogP contribution in [-0.2, 0) is 0 Å². The predicted molar refractivity (Wildman–Crippen MR) is 16.2 cm³/mol. The fourth-order valence-electron chi connectivity index (χ4n) is 0. The maximum absolute atomic E-state index is 10.7. The van der Waals surface area contributed by atoms with Crippen LogP contribution in [0.15, 0.2) is 0 Å². The lowest BCUT2D eigenvalue weighted by atomic mass is 11.7. The first-order valence-corrected chi connectivity index (χ1v) is 3.08. The lowest BCUT2D eigenvalue weighted by molar-refractivity contribution is 0.295. The van der Waals surface area contributed by atoms with Gasteiger partial charge in [-0.3, -0.25) is 0 Å². The third-order valence-corrected chi connectivity index (χ3v) is 0.538. The van der Waals surface area contributed by atoms with E-state index in [-0.39, 0.29) is 0 Å². The van der Waals surface area contributed by atoms with E-state index in [1.165, 1.54) is 0 Å². The van der Waals surface area contributed by atoms with Crippen molar-refractivity contribution in [2.24, 2.45) is 0 Å². The van der Waals surface area contributed by atoms with Crippen molar-refractivity contribution < 1.29 is 17.4 Å². The molecule has 0 aliphatic rings. The van der Waals surface area contributed by atoms with Crippen LogP contribution < -0.4 is 0 Å². The molecule has 0 spiro atoms. The molecule has 0 amide bonds. The van der Waals surface area contributed by atoms with Gasteiger partial charge in [-0.1, -0.05) is 0 Å². The van der Waals surface area contributed by atoms with Crippen LogP contribution in [0.4, 0.5) is 12.3 Å². The van der Waals surface area contributed by atoms with Gasteiger partial charge in [-0.15, -0.1) is 0 Å². The fourth-order valence-corrected chi connectivity index (χ4v) is 0. The van der Waals surface area contributed by atoms with E-state index < -0.39 is 15.3 Å². The average molecular weight is 116 g/mol. The topological polar surface area (TPSA) is 20.2 Å². The first kappa shape index (κ1) is 5.97. The highest BCUT2D eigenvalue weighted by Gasteiger charge is 2.35. The van der Waals surface area contributed by atoms with Crippen LogP contribution in [0.25, 0.3) is 0 Å². The Hall–Kier alpha value is -0.0331. The van der Waals surface area contributed by atoms with Gasteiger partial charge in [0.25, 0.3) is 0 Å². The number of rotatable bonds is 1. The zero-order chi connectivity index (χ0) is 5.21. The van der Waals surface area contributed by atoms with E-state index in [9.17, 15) is 12.3 Å². The molecule has 0 aromatic heterocycles. The quantitative estimate of drug-likeness (QED) is 0.387. The van der Waals surface area contributed by atoms with Gasteiger partial charge in [-0.05, 0) is 0 Å². The zero-order valence-electron chi connectivity index (χ0n) is 2.79. The summed E-state index contributed by atoms with van der Waals surface area (Å²) in [5.41, 5.74) is 0. The minimum atomic E-state index is -5.58. The molecule has 0 aromatic carbocycles. The largest absolute Gasteiger partial charge is 0.643 e. The smallest absolute Gasteiger partial charge is 0.391 e. The molecule has 0 fully saturated rings. The first-order valence-electron chi connectivity index (χ1n) is 1.24. The Morgan fingerprint density at radius 1 is 1.33 bits per heavy atom. The van der Waals surface area contributed by atoms with E-state index in [4.69, 9.17) is 5.11 Å². The first-order chi connectivity index (χ1) is 2.56. The molecule has 0 aromatic rings. The van der Waals surface area contributed by atoms with Gasteiger partial charge in [-0.2, -0.15) is 0 Å². The van der Waals surface area contributed by atoms with Crippen molar-refractivity contribution >= 4 is 9.08 Å². The lowest BCUT2D eigenvalue weighted by Gasteiger charge is -1.90. The van der Waals surface area contributed by atoms with Gasteiger partial charge in [0.1, 0.15) is 6.23 Å². The molecule has 6 heavy (non-hydrogen) atoms. The van der Waals surface area contributed by atoms with Gasteiger partial charge in [0.15, 0.2) is 0 Å². The van der Waals surface area contributed by atoms with Crippen LogP contribution in [0.3, 0.4) is 0 Å². The minimum absolute atomic E-state index is 1.59. The molecule has 0 rings (SSSR count). The number of hydrogen-bond acceptors (Lipinski definition) is 1. The number of aliphatic hydroxyl groups is 1. The molecule has 0 unspecified atom stereocenters. The van der Waals surface area contributed by atoms with Gasteiger partial charge in [0.2, 0.25) is 0 Å². The molecule has 0 saturated heterocycles. The fraction of sp³-hybridized carbons (Fsp3) is 1.00. The van der Waals surface area contributed by atoms with Crippen molar-refractivity contribution in [3.63, 3.8) is 0 Å². The molecule has 0 radical (unpaired) electrons. The number of hydrogen-bond donors (Lipinski definition) is 1. The summed E-state index contributed by atoms with van der Waals surface area (Å²) in [6, 6.07) is 0. The maximum atomic E-state index is 10.7. The Morgan fingerprint density at radius 2 is 1.50 bits per heavy atom. The second-order valence-corrected chi connectivity index (χ2v) is 2.32. The van der Waals surface area contributed by atoms with Crippen molar-refractivity contribution in [2.75, 3.05) is 6.23 Å². The van der Waals surface area contributed by atoms with E-state index in [1.807, 2.05) is 0 Å². The predicted octanol–water partition coefficient (Wildman–Crippen LogP) is 0.365. The molecule has 0 heterocycles. The zero-order valence-corrected chi connectivity index (χ0v) is 3.79. The van der Waals surface area contributed by atoms with Gasteiger partial charge in [0.05, 0.1) is 0 Å². The third kappa shape index (κ3) is 3.97. The van der Waals surface area contributed by atoms with Crippen molar-refractivity contribution in [3.05, 3.63) is 0 Å².